The minimum atomic E-state index is 0.579. The molecular weight excluding hydrogens is 500 g/mol. The van der Waals surface area contributed by atoms with Crippen LogP contribution < -0.4 is 11.1 Å². The van der Waals surface area contributed by atoms with E-state index in [4.69, 9.17) is 10.5 Å². The van der Waals surface area contributed by atoms with E-state index < -0.39 is 0 Å². The molecule has 6 rings (SSSR count). The summed E-state index contributed by atoms with van der Waals surface area (Å²) < 4.78 is 7.76. The van der Waals surface area contributed by atoms with Crippen LogP contribution in [0.5, 0.6) is 0 Å². The van der Waals surface area contributed by atoms with E-state index in [1.54, 1.807) is 18.4 Å². The number of methoxy groups -OCH3 is 1. The number of aryl methyl sites for hydroxylation is 1. The highest BCUT2D eigenvalue weighted by Crippen LogP contribution is 2.37. The van der Waals surface area contributed by atoms with Crippen molar-refractivity contribution in [2.24, 2.45) is 11.7 Å². The minimum absolute atomic E-state index is 0.579. The molecule has 2 aliphatic rings. The molecule has 6 heteroatoms. The number of hydrogen-bond acceptors (Lipinski definition) is 5. The van der Waals surface area contributed by atoms with Crippen molar-refractivity contribution in [2.75, 3.05) is 33.4 Å². The number of aromatic nitrogens is 1. The summed E-state index contributed by atoms with van der Waals surface area (Å²) in [6.07, 6.45) is 7.30. The minimum Gasteiger partial charge on any atom is -0.385 e. The summed E-state index contributed by atoms with van der Waals surface area (Å²) in [5.41, 5.74) is 12.8. The monoisotopic (exact) mass is 542 g/mol. The molecule has 0 spiro atoms. The van der Waals surface area contributed by atoms with Gasteiger partial charge >= 0.3 is 0 Å². The number of nitrogens with zero attached hydrogens (tertiary/aromatic N) is 2. The lowest BCUT2D eigenvalue weighted by Crippen LogP contribution is -2.42. The molecule has 2 atom stereocenters. The fourth-order valence-electron chi connectivity index (χ4n) is 6.46. The maximum atomic E-state index is 5.89. The number of fused-ring (bicyclic) bond motifs is 1. The van der Waals surface area contributed by atoms with Crippen LogP contribution in [0, 0.1) is 5.92 Å². The van der Waals surface area contributed by atoms with Crippen molar-refractivity contribution >= 4 is 22.2 Å². The Bertz CT molecular complexity index is 1370. The van der Waals surface area contributed by atoms with Crippen molar-refractivity contribution in [3.8, 4) is 11.1 Å². The second-order valence-corrected chi connectivity index (χ2v) is 12.4. The van der Waals surface area contributed by atoms with Crippen molar-refractivity contribution in [2.45, 2.75) is 57.3 Å². The molecule has 0 bridgehead atoms. The summed E-state index contributed by atoms with van der Waals surface area (Å²) in [6, 6.07) is 21.2. The number of ether oxygens (including phenoxy) is 1. The number of thiophene rings is 1. The molecule has 39 heavy (non-hydrogen) atoms. The fraction of sp³-hybridized carbons (Fsp3) is 0.455. The third-order valence-corrected chi connectivity index (χ3v) is 9.59. The molecule has 0 amide bonds. The average molecular weight is 543 g/mol. The number of rotatable bonds is 12. The first-order valence-electron chi connectivity index (χ1n) is 14.6. The van der Waals surface area contributed by atoms with Gasteiger partial charge in [-0.1, -0.05) is 42.5 Å². The predicted octanol–water partition coefficient (Wildman–Crippen LogP) is 6.22. The fourth-order valence-corrected chi connectivity index (χ4v) is 7.23. The summed E-state index contributed by atoms with van der Waals surface area (Å²) in [5, 5.41) is 7.38. The molecule has 2 aromatic carbocycles. The molecule has 1 aliphatic heterocycles. The van der Waals surface area contributed by atoms with E-state index in [0.717, 1.165) is 51.8 Å². The van der Waals surface area contributed by atoms with Crippen LogP contribution in [0.4, 0.5) is 0 Å². The predicted molar refractivity (Wildman–Crippen MR) is 163 cm³/mol. The van der Waals surface area contributed by atoms with E-state index in [1.807, 2.05) is 0 Å². The van der Waals surface area contributed by atoms with Crippen LogP contribution in [0.15, 0.2) is 66.2 Å². The lowest BCUT2D eigenvalue weighted by Gasteiger charge is -2.36. The standard InChI is InChI=1S/C33H42N4OS/c1-38-15-5-14-36-21-28(32-8-2-3-9-33(32)36)22-37(29-10-11-29)20-27-19-35-13-12-31(27)25-7-4-6-24(16-25)26-17-30(18-34)39-23-26/h2-4,6-9,16-17,21,23,27,29,31,35H,5,10-15,18-20,22,34H2,1H3/t27?,31-/m1/s1. The van der Waals surface area contributed by atoms with Gasteiger partial charge in [-0.15, -0.1) is 11.3 Å². The van der Waals surface area contributed by atoms with Gasteiger partial charge in [0, 0.05) is 67.9 Å². The highest BCUT2D eigenvalue weighted by Gasteiger charge is 2.35. The van der Waals surface area contributed by atoms with Crippen molar-refractivity contribution < 1.29 is 4.74 Å². The molecule has 2 aromatic heterocycles. The van der Waals surface area contributed by atoms with E-state index in [1.165, 1.54) is 57.3 Å². The molecular formula is C33H42N4OS. The summed E-state index contributed by atoms with van der Waals surface area (Å²) in [4.78, 5) is 4.04. The van der Waals surface area contributed by atoms with Crippen molar-refractivity contribution in [1.82, 2.24) is 14.8 Å². The highest BCUT2D eigenvalue weighted by molar-refractivity contribution is 7.10. The Labute approximate surface area is 237 Å². The summed E-state index contributed by atoms with van der Waals surface area (Å²) in [5.74, 6) is 1.18. The third-order valence-electron chi connectivity index (χ3n) is 8.64. The quantitative estimate of drug-likeness (QED) is 0.209. The van der Waals surface area contributed by atoms with E-state index in [9.17, 15) is 0 Å². The number of nitrogens with one attached hydrogen (secondary N) is 1. The number of piperidine rings is 1. The zero-order chi connectivity index (χ0) is 26.6. The normalized spacial score (nSPS) is 19.8. The van der Waals surface area contributed by atoms with Crippen LogP contribution in [0.3, 0.4) is 0 Å². The first kappa shape index (κ1) is 26.7. The molecule has 2 fully saturated rings. The molecule has 3 heterocycles. The first-order chi connectivity index (χ1) is 19.2. The average Bonchev–Trinajstić information content (AvgIpc) is 3.62. The Hall–Kier alpha value is -2.48. The van der Waals surface area contributed by atoms with E-state index in [2.05, 4.69) is 81.0 Å². The molecule has 1 saturated heterocycles. The Balaban J connectivity index is 1.22. The molecule has 206 valence electrons. The van der Waals surface area contributed by atoms with Gasteiger partial charge in [0.15, 0.2) is 0 Å². The maximum Gasteiger partial charge on any atom is 0.0483 e. The van der Waals surface area contributed by atoms with E-state index in [-0.39, 0.29) is 0 Å². The van der Waals surface area contributed by atoms with Gasteiger partial charge in [-0.05, 0) is 90.4 Å². The van der Waals surface area contributed by atoms with Gasteiger partial charge < -0.3 is 20.4 Å². The molecule has 1 aliphatic carbocycles. The van der Waals surface area contributed by atoms with Crippen LogP contribution >= 0.6 is 11.3 Å². The SMILES string of the molecule is COCCCn1cc(CN(CC2CNCC[C@@H]2c2cccc(-c3csc(CN)c3)c2)C2CC2)c2ccccc21. The summed E-state index contributed by atoms with van der Waals surface area (Å²) >= 11 is 1.76. The van der Waals surface area contributed by atoms with Gasteiger partial charge in [0.05, 0.1) is 0 Å². The van der Waals surface area contributed by atoms with Crippen LogP contribution in [0.1, 0.15) is 47.6 Å². The van der Waals surface area contributed by atoms with Crippen molar-refractivity contribution in [3.63, 3.8) is 0 Å². The molecule has 0 radical (unpaired) electrons. The van der Waals surface area contributed by atoms with Gasteiger partial charge in [0.2, 0.25) is 0 Å². The van der Waals surface area contributed by atoms with Crippen molar-refractivity contribution in [3.05, 3.63) is 82.2 Å². The Morgan fingerprint density at radius 1 is 1.08 bits per heavy atom. The second kappa shape index (κ2) is 12.4. The van der Waals surface area contributed by atoms with Crippen LogP contribution in [0.25, 0.3) is 22.0 Å². The molecule has 5 nitrogen and oxygen atoms in total. The molecule has 4 aromatic rings. The molecule has 1 saturated carbocycles. The maximum absolute atomic E-state index is 5.89. The lowest BCUT2D eigenvalue weighted by atomic mass is 9.80. The topological polar surface area (TPSA) is 55.5 Å². The van der Waals surface area contributed by atoms with Crippen LogP contribution in [0.2, 0.25) is 0 Å². The first-order valence-corrected chi connectivity index (χ1v) is 15.5. The number of hydrogen-bond donors (Lipinski definition) is 2. The number of para-hydroxylation sites is 1. The third kappa shape index (κ3) is 6.16. The van der Waals surface area contributed by atoms with E-state index in [0.29, 0.717) is 18.4 Å². The molecule has 1 unspecified atom stereocenters. The van der Waals surface area contributed by atoms with Crippen LogP contribution in [-0.4, -0.2) is 48.9 Å². The number of benzene rings is 2. The highest BCUT2D eigenvalue weighted by atomic mass is 32.1. The second-order valence-electron chi connectivity index (χ2n) is 11.4. The zero-order valence-corrected chi connectivity index (χ0v) is 24.0. The molecule has 3 N–H and O–H groups in total. The Morgan fingerprint density at radius 2 is 1.97 bits per heavy atom. The Morgan fingerprint density at radius 3 is 2.79 bits per heavy atom. The van der Waals surface area contributed by atoms with Crippen LogP contribution in [-0.2, 0) is 24.4 Å². The lowest BCUT2D eigenvalue weighted by molar-refractivity contribution is 0.177. The van der Waals surface area contributed by atoms with Gasteiger partial charge in [0.25, 0.3) is 0 Å². The number of nitrogens with two attached hydrogens (primary N) is 1. The smallest absolute Gasteiger partial charge is 0.0483 e. The van der Waals surface area contributed by atoms with Crippen molar-refractivity contribution in [1.29, 1.82) is 0 Å². The van der Waals surface area contributed by atoms with Gasteiger partial charge in [-0.25, -0.2) is 0 Å². The van der Waals surface area contributed by atoms with Gasteiger partial charge in [-0.2, -0.15) is 0 Å². The largest absolute Gasteiger partial charge is 0.385 e. The summed E-state index contributed by atoms with van der Waals surface area (Å²) in [7, 11) is 1.79. The van der Waals surface area contributed by atoms with Gasteiger partial charge in [-0.3, -0.25) is 4.90 Å². The Kier molecular flexibility index (Phi) is 8.47. The van der Waals surface area contributed by atoms with E-state index >= 15 is 0 Å². The zero-order valence-electron chi connectivity index (χ0n) is 23.1. The van der Waals surface area contributed by atoms with Gasteiger partial charge in [0.1, 0.15) is 0 Å². The summed E-state index contributed by atoms with van der Waals surface area (Å²) in [6.45, 7) is 6.78.